The number of aryl methyl sites for hydroxylation is 1. The van der Waals surface area contributed by atoms with Crippen LogP contribution in [-0.2, 0) is 0 Å². The molecule has 0 fully saturated rings. The molecular weight excluding hydrogens is 248 g/mol. The van der Waals surface area contributed by atoms with Crippen molar-refractivity contribution in [1.82, 2.24) is 0 Å². The number of benzene rings is 2. The zero-order valence-electron chi connectivity index (χ0n) is 11.2. The third-order valence-electron chi connectivity index (χ3n) is 3.24. The molecule has 0 aliphatic carbocycles. The van der Waals surface area contributed by atoms with Crippen molar-refractivity contribution in [3.05, 3.63) is 81.7 Å². The summed E-state index contributed by atoms with van der Waals surface area (Å²) in [6.45, 7) is 1.92. The van der Waals surface area contributed by atoms with Crippen molar-refractivity contribution in [1.29, 1.82) is 0 Å². The normalized spacial score (nSPS) is 11.2. The van der Waals surface area contributed by atoms with Gasteiger partial charge in [0.15, 0.2) is 0 Å². The maximum Gasteiger partial charge on any atom is 0.336 e. The monoisotopic (exact) mass is 262 g/mol. The predicted octanol–water partition coefficient (Wildman–Crippen LogP) is 4.27. The standard InChI is InChI=1S/C18H14O2/c1-13-11-18(19)20-17-10-9-15(12-16(13)17)8-7-14-5-3-2-4-6-14/h2-12H,1H3. The molecule has 20 heavy (non-hydrogen) atoms. The van der Waals surface area contributed by atoms with Crippen molar-refractivity contribution in [3.8, 4) is 0 Å². The molecule has 2 nitrogen and oxygen atoms in total. The highest BCUT2D eigenvalue weighted by Gasteiger charge is 2.02. The highest BCUT2D eigenvalue weighted by Crippen LogP contribution is 2.19. The maximum atomic E-state index is 11.3. The van der Waals surface area contributed by atoms with E-state index in [2.05, 4.69) is 24.3 Å². The number of hydrogen-bond donors (Lipinski definition) is 0. The number of hydrogen-bond acceptors (Lipinski definition) is 2. The molecule has 1 aromatic heterocycles. The Bertz CT molecular complexity index is 827. The number of fused-ring (bicyclic) bond motifs is 1. The first-order valence-corrected chi connectivity index (χ1v) is 6.50. The Morgan fingerprint density at radius 2 is 1.65 bits per heavy atom. The molecule has 0 saturated heterocycles. The Morgan fingerprint density at radius 3 is 2.45 bits per heavy atom. The van der Waals surface area contributed by atoms with Gasteiger partial charge in [0, 0.05) is 11.5 Å². The van der Waals surface area contributed by atoms with E-state index in [0.29, 0.717) is 5.58 Å². The molecule has 0 saturated carbocycles. The zero-order chi connectivity index (χ0) is 13.9. The Morgan fingerprint density at radius 1 is 0.900 bits per heavy atom. The second-order valence-corrected chi connectivity index (χ2v) is 4.75. The van der Waals surface area contributed by atoms with Gasteiger partial charge in [-0.3, -0.25) is 0 Å². The topological polar surface area (TPSA) is 30.2 Å². The average molecular weight is 262 g/mol. The molecule has 0 aliphatic rings. The summed E-state index contributed by atoms with van der Waals surface area (Å²) in [5.41, 5.74) is 3.50. The molecule has 0 unspecified atom stereocenters. The van der Waals surface area contributed by atoms with Gasteiger partial charge in [-0.1, -0.05) is 48.6 Å². The van der Waals surface area contributed by atoms with Crippen LogP contribution in [0.5, 0.6) is 0 Å². The van der Waals surface area contributed by atoms with Gasteiger partial charge in [-0.15, -0.1) is 0 Å². The zero-order valence-corrected chi connectivity index (χ0v) is 11.2. The minimum atomic E-state index is -0.303. The van der Waals surface area contributed by atoms with E-state index in [1.165, 1.54) is 6.07 Å². The minimum absolute atomic E-state index is 0.303. The van der Waals surface area contributed by atoms with Crippen LogP contribution >= 0.6 is 0 Å². The quantitative estimate of drug-likeness (QED) is 0.510. The first-order valence-electron chi connectivity index (χ1n) is 6.50. The average Bonchev–Trinajstić information content (AvgIpc) is 2.46. The smallest absolute Gasteiger partial charge is 0.336 e. The van der Waals surface area contributed by atoms with Gasteiger partial charge in [0.1, 0.15) is 5.58 Å². The lowest BCUT2D eigenvalue weighted by Gasteiger charge is -2.01. The van der Waals surface area contributed by atoms with Gasteiger partial charge in [-0.05, 0) is 35.7 Å². The Labute approximate surface area is 117 Å². The van der Waals surface area contributed by atoms with Crippen LogP contribution in [0.1, 0.15) is 16.7 Å². The summed E-state index contributed by atoms with van der Waals surface area (Å²) >= 11 is 0. The maximum absolute atomic E-state index is 11.3. The Hall–Kier alpha value is -2.61. The van der Waals surface area contributed by atoms with Crippen LogP contribution in [0.15, 0.2) is 63.8 Å². The molecule has 0 atom stereocenters. The van der Waals surface area contributed by atoms with Crippen LogP contribution in [0.2, 0.25) is 0 Å². The molecular formula is C18H14O2. The van der Waals surface area contributed by atoms with E-state index in [4.69, 9.17) is 4.42 Å². The van der Waals surface area contributed by atoms with E-state index in [-0.39, 0.29) is 5.63 Å². The van der Waals surface area contributed by atoms with Crippen molar-refractivity contribution in [2.24, 2.45) is 0 Å². The summed E-state index contributed by atoms with van der Waals surface area (Å²) in [5.74, 6) is 0. The molecule has 2 heteroatoms. The van der Waals surface area contributed by atoms with E-state index in [1.807, 2.05) is 43.3 Å². The first-order chi connectivity index (χ1) is 9.72. The molecule has 3 aromatic rings. The van der Waals surface area contributed by atoms with Crippen molar-refractivity contribution in [2.45, 2.75) is 6.92 Å². The van der Waals surface area contributed by atoms with Gasteiger partial charge in [-0.25, -0.2) is 4.79 Å². The lowest BCUT2D eigenvalue weighted by Crippen LogP contribution is -1.97. The van der Waals surface area contributed by atoms with Crippen molar-refractivity contribution in [3.63, 3.8) is 0 Å². The molecule has 0 spiro atoms. The van der Waals surface area contributed by atoms with Crippen molar-refractivity contribution < 1.29 is 4.42 Å². The molecule has 2 aromatic carbocycles. The summed E-state index contributed by atoms with van der Waals surface area (Å²) in [7, 11) is 0. The van der Waals surface area contributed by atoms with Crippen LogP contribution < -0.4 is 5.63 Å². The fourth-order valence-electron chi connectivity index (χ4n) is 2.20. The molecule has 0 radical (unpaired) electrons. The Balaban J connectivity index is 2.01. The summed E-state index contributed by atoms with van der Waals surface area (Å²) in [6, 6.07) is 17.5. The van der Waals surface area contributed by atoms with Crippen molar-refractivity contribution in [2.75, 3.05) is 0 Å². The van der Waals surface area contributed by atoms with Gasteiger partial charge >= 0.3 is 5.63 Å². The fourth-order valence-corrected chi connectivity index (χ4v) is 2.20. The lowest BCUT2D eigenvalue weighted by molar-refractivity contribution is 0.560. The van der Waals surface area contributed by atoms with Crippen molar-refractivity contribution >= 4 is 23.1 Å². The second kappa shape index (κ2) is 5.17. The van der Waals surface area contributed by atoms with E-state index < -0.39 is 0 Å². The van der Waals surface area contributed by atoms with Crippen LogP contribution in [0, 0.1) is 6.92 Å². The third kappa shape index (κ3) is 2.54. The van der Waals surface area contributed by atoms with E-state index in [9.17, 15) is 4.79 Å². The number of rotatable bonds is 2. The Kier molecular flexibility index (Phi) is 3.21. The minimum Gasteiger partial charge on any atom is -0.423 e. The largest absolute Gasteiger partial charge is 0.423 e. The van der Waals surface area contributed by atoms with Gasteiger partial charge in [0.2, 0.25) is 0 Å². The SMILES string of the molecule is Cc1cc(=O)oc2ccc(C=Cc3ccccc3)cc12. The molecule has 0 amide bonds. The molecule has 3 rings (SSSR count). The lowest BCUT2D eigenvalue weighted by atomic mass is 10.1. The van der Waals surface area contributed by atoms with Crippen LogP contribution in [0.25, 0.3) is 23.1 Å². The van der Waals surface area contributed by atoms with Gasteiger partial charge < -0.3 is 4.42 Å². The third-order valence-corrected chi connectivity index (χ3v) is 3.24. The summed E-state index contributed by atoms with van der Waals surface area (Å²) < 4.78 is 5.18. The van der Waals surface area contributed by atoms with E-state index >= 15 is 0 Å². The molecule has 98 valence electrons. The molecule has 1 heterocycles. The van der Waals surface area contributed by atoms with Gasteiger partial charge in [0.05, 0.1) is 0 Å². The second-order valence-electron chi connectivity index (χ2n) is 4.75. The predicted molar refractivity (Wildman–Crippen MR) is 82.6 cm³/mol. The van der Waals surface area contributed by atoms with Crippen LogP contribution in [-0.4, -0.2) is 0 Å². The summed E-state index contributed by atoms with van der Waals surface area (Å²) in [5, 5.41) is 0.972. The van der Waals surface area contributed by atoms with Gasteiger partial charge in [0.25, 0.3) is 0 Å². The fraction of sp³-hybridized carbons (Fsp3) is 0.0556. The first kappa shape index (κ1) is 12.4. The summed E-state index contributed by atoms with van der Waals surface area (Å²) in [4.78, 5) is 11.3. The molecule has 0 N–H and O–H groups in total. The highest BCUT2D eigenvalue weighted by molar-refractivity contribution is 5.84. The highest BCUT2D eigenvalue weighted by atomic mass is 16.4. The summed E-state index contributed by atoms with van der Waals surface area (Å²) in [6.07, 6.45) is 4.12. The molecule has 0 bridgehead atoms. The van der Waals surface area contributed by atoms with Crippen LogP contribution in [0.4, 0.5) is 0 Å². The van der Waals surface area contributed by atoms with E-state index in [0.717, 1.165) is 22.1 Å². The molecule has 0 aliphatic heterocycles. The van der Waals surface area contributed by atoms with E-state index in [1.54, 1.807) is 0 Å². The van der Waals surface area contributed by atoms with Gasteiger partial charge in [-0.2, -0.15) is 0 Å². The van der Waals surface area contributed by atoms with Crippen LogP contribution in [0.3, 0.4) is 0 Å².